The molecule has 0 aromatic heterocycles. The lowest BCUT2D eigenvalue weighted by Crippen LogP contribution is -2.62. The molecule has 1 unspecified atom stereocenters. The molecule has 0 spiro atoms. The third-order valence-corrected chi connectivity index (χ3v) is 6.26. The summed E-state index contributed by atoms with van der Waals surface area (Å²) in [7, 11) is 0. The number of nitrogens with one attached hydrogen (secondary N) is 1. The number of rotatable bonds is 7. The average molecular weight is 443 g/mol. The summed E-state index contributed by atoms with van der Waals surface area (Å²) in [5.74, 6) is 0.505. The van der Waals surface area contributed by atoms with Crippen LogP contribution >= 0.6 is 0 Å². The molecule has 1 atom stereocenters. The average Bonchev–Trinajstić information content (AvgIpc) is 2.82. The highest BCUT2D eigenvalue weighted by Crippen LogP contribution is 2.33. The van der Waals surface area contributed by atoms with Crippen LogP contribution in [0.3, 0.4) is 0 Å². The molecule has 5 nitrogen and oxygen atoms in total. The Morgan fingerprint density at radius 2 is 1.67 bits per heavy atom. The Morgan fingerprint density at radius 1 is 1.00 bits per heavy atom. The van der Waals surface area contributed by atoms with Crippen LogP contribution in [0.5, 0.6) is 5.75 Å². The predicted molar refractivity (Wildman–Crippen MR) is 129 cm³/mol. The van der Waals surface area contributed by atoms with Crippen molar-refractivity contribution in [3.8, 4) is 5.75 Å². The minimum Gasteiger partial charge on any atom is -0.494 e. The maximum atomic E-state index is 13.5. The van der Waals surface area contributed by atoms with E-state index < -0.39 is 5.54 Å². The molecule has 170 valence electrons. The second-order valence-corrected chi connectivity index (χ2v) is 8.74. The second kappa shape index (κ2) is 9.49. The van der Waals surface area contributed by atoms with Crippen LogP contribution in [-0.4, -0.2) is 28.9 Å². The lowest BCUT2D eigenvalue weighted by atomic mass is 9.82. The van der Waals surface area contributed by atoms with E-state index in [1.165, 1.54) is 5.56 Å². The van der Waals surface area contributed by atoms with E-state index >= 15 is 0 Å². The smallest absolute Gasteiger partial charge is 0.255 e. The molecule has 0 saturated heterocycles. The van der Waals surface area contributed by atoms with Crippen molar-refractivity contribution in [2.75, 3.05) is 6.61 Å². The van der Waals surface area contributed by atoms with Crippen LogP contribution in [-0.2, 0) is 24.3 Å². The van der Waals surface area contributed by atoms with Crippen molar-refractivity contribution in [3.63, 3.8) is 0 Å². The highest BCUT2D eigenvalue weighted by atomic mass is 16.5. The van der Waals surface area contributed by atoms with Crippen molar-refractivity contribution in [1.82, 2.24) is 10.2 Å². The Kier molecular flexibility index (Phi) is 6.50. The molecule has 0 fully saturated rings. The first-order valence-corrected chi connectivity index (χ1v) is 11.4. The molecular formula is C28H30N2O3. The molecule has 1 aliphatic heterocycles. The van der Waals surface area contributed by atoms with Gasteiger partial charge in [-0.15, -0.1) is 0 Å². The van der Waals surface area contributed by atoms with E-state index in [0.29, 0.717) is 31.7 Å². The van der Waals surface area contributed by atoms with E-state index in [4.69, 9.17) is 4.74 Å². The van der Waals surface area contributed by atoms with Crippen molar-refractivity contribution < 1.29 is 14.3 Å². The van der Waals surface area contributed by atoms with Crippen molar-refractivity contribution in [2.24, 2.45) is 0 Å². The molecule has 0 radical (unpaired) electrons. The van der Waals surface area contributed by atoms with Crippen molar-refractivity contribution in [1.29, 1.82) is 0 Å². The molecule has 0 aliphatic carbocycles. The quantitative estimate of drug-likeness (QED) is 0.579. The van der Waals surface area contributed by atoms with E-state index in [1.54, 1.807) is 4.90 Å². The summed E-state index contributed by atoms with van der Waals surface area (Å²) in [5, 5.41) is 3.07. The Hall–Kier alpha value is -3.60. The highest BCUT2D eigenvalue weighted by molar-refractivity contribution is 6.02. The van der Waals surface area contributed by atoms with Gasteiger partial charge in [0.15, 0.2) is 0 Å². The minimum absolute atomic E-state index is 0.126. The van der Waals surface area contributed by atoms with Gasteiger partial charge in [-0.1, -0.05) is 60.2 Å². The topological polar surface area (TPSA) is 58.6 Å². The van der Waals surface area contributed by atoms with Gasteiger partial charge in [0.25, 0.3) is 5.91 Å². The van der Waals surface area contributed by atoms with Gasteiger partial charge < -0.3 is 15.0 Å². The number of hydrogen-bond donors (Lipinski definition) is 1. The zero-order chi connectivity index (χ0) is 23.4. The second-order valence-electron chi connectivity index (χ2n) is 8.74. The van der Waals surface area contributed by atoms with Gasteiger partial charge in [0.2, 0.25) is 5.91 Å². The largest absolute Gasteiger partial charge is 0.494 e. The predicted octanol–water partition coefficient (Wildman–Crippen LogP) is 4.67. The van der Waals surface area contributed by atoms with Gasteiger partial charge in [-0.3, -0.25) is 9.59 Å². The van der Waals surface area contributed by atoms with E-state index in [0.717, 1.165) is 22.4 Å². The summed E-state index contributed by atoms with van der Waals surface area (Å²) in [6, 6.07) is 23.3. The van der Waals surface area contributed by atoms with Gasteiger partial charge in [0.1, 0.15) is 11.3 Å². The maximum absolute atomic E-state index is 13.5. The third kappa shape index (κ3) is 4.77. The Balaban J connectivity index is 1.61. The number of fused-ring (bicyclic) bond motifs is 1. The van der Waals surface area contributed by atoms with Gasteiger partial charge in [0.05, 0.1) is 6.61 Å². The van der Waals surface area contributed by atoms with Gasteiger partial charge >= 0.3 is 0 Å². The maximum Gasteiger partial charge on any atom is 0.255 e. The van der Waals surface area contributed by atoms with Crippen LogP contribution in [0.1, 0.15) is 46.5 Å². The van der Waals surface area contributed by atoms with Gasteiger partial charge in [-0.05, 0) is 55.7 Å². The van der Waals surface area contributed by atoms with Crippen LogP contribution in [0.25, 0.3) is 0 Å². The van der Waals surface area contributed by atoms with Crippen molar-refractivity contribution >= 4 is 11.8 Å². The molecule has 1 aliphatic rings. The summed E-state index contributed by atoms with van der Waals surface area (Å²) < 4.78 is 5.53. The number of hydrogen-bond acceptors (Lipinski definition) is 3. The summed E-state index contributed by atoms with van der Waals surface area (Å²) in [6.45, 7) is 7.20. The number of carbonyl (C=O) groups is 2. The van der Waals surface area contributed by atoms with E-state index in [1.807, 2.05) is 93.6 Å². The SMILES string of the molecule is CCOc1ccc(CN2C(=O)c3ccccc3CC2(C)C(=O)NCc2ccc(C)cc2)cc1. The number of nitrogens with zero attached hydrogens (tertiary/aromatic N) is 1. The van der Waals surface area contributed by atoms with Crippen LogP contribution in [0, 0.1) is 6.92 Å². The fraction of sp³-hybridized carbons (Fsp3) is 0.286. The first-order chi connectivity index (χ1) is 15.9. The molecule has 1 N–H and O–H groups in total. The number of carbonyl (C=O) groups excluding carboxylic acids is 2. The molecule has 3 aromatic rings. The lowest BCUT2D eigenvalue weighted by Gasteiger charge is -2.44. The number of aryl methyl sites for hydroxylation is 1. The van der Waals surface area contributed by atoms with Crippen molar-refractivity contribution in [2.45, 2.75) is 45.8 Å². The molecule has 0 bridgehead atoms. The number of amides is 2. The third-order valence-electron chi connectivity index (χ3n) is 6.26. The molecule has 5 heteroatoms. The number of ether oxygens (including phenoxy) is 1. The molecule has 33 heavy (non-hydrogen) atoms. The molecule has 2 amide bonds. The fourth-order valence-corrected chi connectivity index (χ4v) is 4.29. The van der Waals surface area contributed by atoms with Crippen molar-refractivity contribution in [3.05, 3.63) is 101 Å². The van der Waals surface area contributed by atoms with E-state index in [-0.39, 0.29) is 11.8 Å². The van der Waals surface area contributed by atoms with Crippen LogP contribution in [0.15, 0.2) is 72.8 Å². The summed E-state index contributed by atoms with van der Waals surface area (Å²) in [5.41, 5.74) is 3.70. The molecule has 0 saturated carbocycles. The zero-order valence-corrected chi connectivity index (χ0v) is 19.4. The first kappa shape index (κ1) is 22.6. The zero-order valence-electron chi connectivity index (χ0n) is 19.4. The van der Waals surface area contributed by atoms with Crippen LogP contribution < -0.4 is 10.1 Å². The number of benzene rings is 3. The summed E-state index contributed by atoms with van der Waals surface area (Å²) >= 11 is 0. The fourth-order valence-electron chi connectivity index (χ4n) is 4.29. The molecule has 1 heterocycles. The molecule has 4 rings (SSSR count). The standard InChI is InChI=1S/C28H30N2O3/c1-4-33-24-15-13-22(14-16-24)19-30-26(31)25-8-6-5-7-23(25)17-28(30,3)27(32)29-18-21-11-9-20(2)10-12-21/h5-16H,4,17-19H2,1-3H3,(H,29,32). The minimum atomic E-state index is -1.01. The molecular weight excluding hydrogens is 412 g/mol. The lowest BCUT2D eigenvalue weighted by molar-refractivity contribution is -0.132. The van der Waals surface area contributed by atoms with Gasteiger partial charge in [0, 0.05) is 25.1 Å². The Morgan fingerprint density at radius 3 is 2.36 bits per heavy atom. The highest BCUT2D eigenvalue weighted by Gasteiger charge is 2.46. The molecule has 3 aromatic carbocycles. The summed E-state index contributed by atoms with van der Waals surface area (Å²) in [6.07, 6.45) is 0.464. The van der Waals surface area contributed by atoms with E-state index in [9.17, 15) is 9.59 Å². The normalized spacial score (nSPS) is 17.4. The van der Waals surface area contributed by atoms with E-state index in [2.05, 4.69) is 5.32 Å². The van der Waals surface area contributed by atoms with Crippen LogP contribution in [0.4, 0.5) is 0 Å². The van der Waals surface area contributed by atoms with Gasteiger partial charge in [-0.25, -0.2) is 0 Å². The Labute approximate surface area is 195 Å². The first-order valence-electron chi connectivity index (χ1n) is 11.4. The Bertz CT molecular complexity index is 1140. The van der Waals surface area contributed by atoms with Crippen LogP contribution in [0.2, 0.25) is 0 Å². The summed E-state index contributed by atoms with van der Waals surface area (Å²) in [4.78, 5) is 28.8. The monoisotopic (exact) mass is 442 g/mol. The van der Waals surface area contributed by atoms with Gasteiger partial charge in [-0.2, -0.15) is 0 Å².